The molecule has 96 valence electrons. The van der Waals surface area contributed by atoms with Crippen LogP contribution in [0.15, 0.2) is 0 Å². The highest BCUT2D eigenvalue weighted by Gasteiger charge is 2.20. The van der Waals surface area contributed by atoms with E-state index >= 15 is 0 Å². The maximum atomic E-state index is 11.7. The van der Waals surface area contributed by atoms with Crippen LogP contribution in [-0.2, 0) is 9.53 Å². The lowest BCUT2D eigenvalue weighted by Crippen LogP contribution is -2.28. The fourth-order valence-electron chi connectivity index (χ4n) is 1.78. The molecule has 0 aromatic heterocycles. The zero-order valence-corrected chi connectivity index (χ0v) is 11.2. The Morgan fingerprint density at radius 3 is 2.38 bits per heavy atom. The van der Waals surface area contributed by atoms with Gasteiger partial charge in [0.05, 0.1) is 12.5 Å². The summed E-state index contributed by atoms with van der Waals surface area (Å²) in [5.41, 5.74) is 5.59. The summed E-state index contributed by atoms with van der Waals surface area (Å²) in [5.74, 6) is 0.675. The number of esters is 1. The Morgan fingerprint density at radius 2 is 1.94 bits per heavy atom. The first-order chi connectivity index (χ1) is 7.51. The zero-order valence-electron chi connectivity index (χ0n) is 11.2. The van der Waals surface area contributed by atoms with Crippen molar-refractivity contribution < 1.29 is 9.53 Å². The Bertz CT molecular complexity index is 192. The van der Waals surface area contributed by atoms with Crippen molar-refractivity contribution in [3.8, 4) is 0 Å². The fourth-order valence-corrected chi connectivity index (χ4v) is 1.78. The summed E-state index contributed by atoms with van der Waals surface area (Å²) in [6.07, 6.45) is 3.05. The van der Waals surface area contributed by atoms with Gasteiger partial charge in [0.25, 0.3) is 0 Å². The minimum atomic E-state index is -0.131. The molecule has 2 atom stereocenters. The molecular formula is C13H27NO2. The number of nitrogens with two attached hydrogens (primary N) is 1. The molecular weight excluding hydrogens is 202 g/mol. The van der Waals surface area contributed by atoms with Crippen molar-refractivity contribution in [3.63, 3.8) is 0 Å². The Balaban J connectivity index is 3.92. The van der Waals surface area contributed by atoms with E-state index in [1.807, 2.05) is 0 Å². The highest BCUT2D eigenvalue weighted by atomic mass is 16.5. The second kappa shape index (κ2) is 8.57. The number of carbonyl (C=O) groups is 1. The Hall–Kier alpha value is -0.570. The summed E-state index contributed by atoms with van der Waals surface area (Å²) < 4.78 is 5.29. The van der Waals surface area contributed by atoms with Gasteiger partial charge in [-0.1, -0.05) is 34.1 Å². The molecule has 3 heteroatoms. The maximum absolute atomic E-state index is 11.7. The van der Waals surface area contributed by atoms with Crippen LogP contribution in [-0.4, -0.2) is 19.1 Å². The lowest BCUT2D eigenvalue weighted by molar-refractivity contribution is -0.150. The predicted molar refractivity (Wildman–Crippen MR) is 67.0 cm³/mol. The summed E-state index contributed by atoms with van der Waals surface area (Å²) >= 11 is 0. The van der Waals surface area contributed by atoms with E-state index in [0.29, 0.717) is 25.0 Å². The van der Waals surface area contributed by atoms with Gasteiger partial charge in [0.15, 0.2) is 0 Å². The first-order valence-corrected chi connectivity index (χ1v) is 6.37. The molecule has 0 saturated heterocycles. The Kier molecular flexibility index (Phi) is 8.26. The van der Waals surface area contributed by atoms with Crippen LogP contribution in [0.1, 0.15) is 47.0 Å². The van der Waals surface area contributed by atoms with Crippen LogP contribution in [0.4, 0.5) is 0 Å². The van der Waals surface area contributed by atoms with Crippen LogP contribution in [0.3, 0.4) is 0 Å². The second-order valence-corrected chi connectivity index (χ2v) is 5.09. The second-order valence-electron chi connectivity index (χ2n) is 5.09. The summed E-state index contributed by atoms with van der Waals surface area (Å²) in [6.45, 7) is 9.35. The summed E-state index contributed by atoms with van der Waals surface area (Å²) in [4.78, 5) is 11.7. The lowest BCUT2D eigenvalue weighted by Gasteiger charge is -2.17. The molecule has 2 N–H and O–H groups in total. The van der Waals surface area contributed by atoms with Crippen LogP contribution >= 0.6 is 0 Å². The average Bonchev–Trinajstić information content (AvgIpc) is 2.22. The van der Waals surface area contributed by atoms with Crippen LogP contribution in [0.5, 0.6) is 0 Å². The van der Waals surface area contributed by atoms with Crippen LogP contribution in [0.2, 0.25) is 0 Å². The molecule has 0 aliphatic carbocycles. The van der Waals surface area contributed by atoms with E-state index in [2.05, 4.69) is 27.7 Å². The lowest BCUT2D eigenvalue weighted by atomic mass is 9.97. The van der Waals surface area contributed by atoms with Gasteiger partial charge < -0.3 is 10.5 Å². The van der Waals surface area contributed by atoms with Crippen molar-refractivity contribution in [3.05, 3.63) is 0 Å². The fraction of sp³-hybridized carbons (Fsp3) is 0.923. The number of hydrogen-bond acceptors (Lipinski definition) is 3. The van der Waals surface area contributed by atoms with Gasteiger partial charge in [-0.3, -0.25) is 4.79 Å². The van der Waals surface area contributed by atoms with Crippen molar-refractivity contribution in [1.29, 1.82) is 0 Å². The van der Waals surface area contributed by atoms with Crippen molar-refractivity contribution in [1.82, 2.24) is 0 Å². The van der Waals surface area contributed by atoms with Gasteiger partial charge in [-0.25, -0.2) is 0 Å². The molecule has 0 fully saturated rings. The molecule has 0 spiro atoms. The van der Waals surface area contributed by atoms with Gasteiger partial charge in [0.2, 0.25) is 0 Å². The van der Waals surface area contributed by atoms with E-state index in [1.165, 1.54) is 0 Å². The standard InChI is InChI=1S/C13H27NO2/c1-5-6-11(4)9-16-13(15)12(8-14)7-10(2)3/h10-12H,5-9,14H2,1-4H3. The molecule has 16 heavy (non-hydrogen) atoms. The molecule has 0 aliphatic heterocycles. The highest BCUT2D eigenvalue weighted by molar-refractivity contribution is 5.72. The van der Waals surface area contributed by atoms with Crippen molar-refractivity contribution in [2.24, 2.45) is 23.5 Å². The predicted octanol–water partition coefficient (Wildman–Crippen LogP) is 2.59. The molecule has 0 bridgehead atoms. The van der Waals surface area contributed by atoms with E-state index in [0.717, 1.165) is 19.3 Å². The average molecular weight is 229 g/mol. The molecule has 0 aliphatic rings. The number of hydrogen-bond donors (Lipinski definition) is 1. The van der Waals surface area contributed by atoms with Gasteiger partial charge in [-0.2, -0.15) is 0 Å². The SMILES string of the molecule is CCCC(C)COC(=O)C(CN)CC(C)C. The molecule has 0 rings (SSSR count). The normalized spacial score (nSPS) is 14.9. The third-order valence-electron chi connectivity index (χ3n) is 2.67. The zero-order chi connectivity index (χ0) is 12.6. The van der Waals surface area contributed by atoms with Gasteiger partial charge in [-0.15, -0.1) is 0 Å². The number of ether oxygens (including phenoxy) is 1. The van der Waals surface area contributed by atoms with Crippen LogP contribution in [0.25, 0.3) is 0 Å². The quantitative estimate of drug-likeness (QED) is 0.651. The Morgan fingerprint density at radius 1 is 1.31 bits per heavy atom. The van der Waals surface area contributed by atoms with Crippen molar-refractivity contribution in [2.45, 2.75) is 47.0 Å². The minimum absolute atomic E-state index is 0.126. The third kappa shape index (κ3) is 6.83. The molecule has 0 aromatic carbocycles. The summed E-state index contributed by atoms with van der Waals surface area (Å²) in [6, 6.07) is 0. The first kappa shape index (κ1) is 15.4. The molecule has 0 heterocycles. The van der Waals surface area contributed by atoms with Gasteiger partial charge in [0.1, 0.15) is 0 Å². The largest absolute Gasteiger partial charge is 0.465 e. The summed E-state index contributed by atoms with van der Waals surface area (Å²) in [7, 11) is 0. The summed E-state index contributed by atoms with van der Waals surface area (Å²) in [5, 5.41) is 0. The van der Waals surface area contributed by atoms with E-state index in [9.17, 15) is 4.79 Å². The smallest absolute Gasteiger partial charge is 0.310 e. The topological polar surface area (TPSA) is 52.3 Å². The molecule has 0 amide bonds. The van der Waals surface area contributed by atoms with E-state index in [1.54, 1.807) is 0 Å². The van der Waals surface area contributed by atoms with Crippen LogP contribution in [0, 0.1) is 17.8 Å². The van der Waals surface area contributed by atoms with Gasteiger partial charge in [-0.05, 0) is 24.7 Å². The van der Waals surface area contributed by atoms with Crippen molar-refractivity contribution >= 4 is 5.97 Å². The molecule has 3 nitrogen and oxygen atoms in total. The van der Waals surface area contributed by atoms with E-state index in [4.69, 9.17) is 10.5 Å². The maximum Gasteiger partial charge on any atom is 0.310 e. The van der Waals surface area contributed by atoms with Crippen molar-refractivity contribution in [2.75, 3.05) is 13.2 Å². The van der Waals surface area contributed by atoms with Gasteiger partial charge in [0, 0.05) is 6.54 Å². The first-order valence-electron chi connectivity index (χ1n) is 6.37. The van der Waals surface area contributed by atoms with Gasteiger partial charge >= 0.3 is 5.97 Å². The van der Waals surface area contributed by atoms with Crippen LogP contribution < -0.4 is 5.73 Å². The Labute approximate surface area is 99.7 Å². The minimum Gasteiger partial charge on any atom is -0.465 e. The molecule has 0 aromatic rings. The van der Waals surface area contributed by atoms with E-state index < -0.39 is 0 Å². The highest BCUT2D eigenvalue weighted by Crippen LogP contribution is 2.13. The number of rotatable bonds is 8. The molecule has 0 saturated carbocycles. The van der Waals surface area contributed by atoms with E-state index in [-0.39, 0.29) is 11.9 Å². The monoisotopic (exact) mass is 229 g/mol. The molecule has 2 unspecified atom stereocenters. The number of carbonyl (C=O) groups excluding carboxylic acids is 1. The molecule has 0 radical (unpaired) electrons. The third-order valence-corrected chi connectivity index (χ3v) is 2.67.